The number of carbonyl (C=O) groups is 2. The molecule has 0 amide bonds. The summed E-state index contributed by atoms with van der Waals surface area (Å²) in [5.74, 6) is -0.482. The number of aryl methyl sites for hydroxylation is 1. The predicted molar refractivity (Wildman–Crippen MR) is 126 cm³/mol. The molecule has 0 radical (unpaired) electrons. The fraction of sp³-hybridized carbons (Fsp3) is 0.360. The van der Waals surface area contributed by atoms with Crippen molar-refractivity contribution in [2.75, 3.05) is 12.9 Å². The van der Waals surface area contributed by atoms with E-state index in [1.54, 1.807) is 23.1 Å². The monoisotopic (exact) mass is 453 g/mol. The lowest BCUT2D eigenvalue weighted by atomic mass is 9.72. The number of rotatable bonds is 5. The van der Waals surface area contributed by atoms with Gasteiger partial charge in [0.2, 0.25) is 0 Å². The summed E-state index contributed by atoms with van der Waals surface area (Å²) in [4.78, 5) is 27.7. The summed E-state index contributed by atoms with van der Waals surface area (Å²) < 4.78 is 6.56. The first-order chi connectivity index (χ1) is 14.9. The number of carbonyl (C=O) groups excluding carboxylic acids is 2. The molecule has 0 saturated heterocycles. The van der Waals surface area contributed by atoms with Crippen LogP contribution in [0.15, 0.2) is 63.1 Å². The van der Waals surface area contributed by atoms with E-state index in [1.165, 1.54) is 10.4 Å². The summed E-state index contributed by atoms with van der Waals surface area (Å²) in [6, 6.07) is 12.3. The number of hydrogen-bond acceptors (Lipinski definition) is 6. The van der Waals surface area contributed by atoms with Crippen LogP contribution >= 0.6 is 23.1 Å². The van der Waals surface area contributed by atoms with Gasteiger partial charge in [0.25, 0.3) is 0 Å². The topological polar surface area (TPSA) is 55.4 Å². The Balaban J connectivity index is 1.84. The van der Waals surface area contributed by atoms with Gasteiger partial charge in [-0.25, -0.2) is 4.79 Å². The second-order valence-electron chi connectivity index (χ2n) is 7.95. The Morgan fingerprint density at radius 3 is 2.65 bits per heavy atom. The van der Waals surface area contributed by atoms with Gasteiger partial charge >= 0.3 is 5.97 Å². The summed E-state index contributed by atoms with van der Waals surface area (Å²) in [6.45, 7) is 6.09. The third kappa shape index (κ3) is 4.11. The second-order valence-corrected chi connectivity index (χ2v) is 10.3. The SMILES string of the molecule is CCOC(=O)C1=C(C)NC2=C(C(=O)CC(c3ccccc3)C2)C1c1cc(C)sc1SC. The number of nitrogens with one attached hydrogen (secondary N) is 1. The number of ether oxygens (including phenoxy) is 1. The molecule has 0 fully saturated rings. The van der Waals surface area contributed by atoms with Crippen molar-refractivity contribution in [1.82, 2.24) is 5.32 Å². The average molecular weight is 454 g/mol. The minimum absolute atomic E-state index is 0.109. The van der Waals surface area contributed by atoms with Gasteiger partial charge < -0.3 is 10.1 Å². The second kappa shape index (κ2) is 9.05. The van der Waals surface area contributed by atoms with E-state index in [-0.39, 0.29) is 23.6 Å². The van der Waals surface area contributed by atoms with Crippen molar-refractivity contribution in [2.45, 2.75) is 49.7 Å². The highest BCUT2D eigenvalue weighted by molar-refractivity contribution is 8.00. The number of Topliss-reactive ketones (excluding diaryl/α,β-unsaturated/α-hetero) is 1. The van der Waals surface area contributed by atoms with Gasteiger partial charge in [-0.3, -0.25) is 4.79 Å². The summed E-state index contributed by atoms with van der Waals surface area (Å²) in [5, 5.41) is 3.42. The summed E-state index contributed by atoms with van der Waals surface area (Å²) in [5.41, 5.74) is 5.22. The maximum Gasteiger partial charge on any atom is 0.336 e. The highest BCUT2D eigenvalue weighted by Crippen LogP contribution is 2.49. The Kier molecular flexibility index (Phi) is 6.39. The number of thiophene rings is 1. The lowest BCUT2D eigenvalue weighted by Gasteiger charge is -2.36. The molecule has 2 heterocycles. The Labute approximate surface area is 191 Å². The average Bonchev–Trinajstić information content (AvgIpc) is 3.13. The number of thioether (sulfide) groups is 1. The van der Waals surface area contributed by atoms with Gasteiger partial charge in [-0.05, 0) is 56.6 Å². The maximum absolute atomic E-state index is 13.6. The zero-order chi connectivity index (χ0) is 22.1. The highest BCUT2D eigenvalue weighted by atomic mass is 32.2. The molecule has 0 saturated carbocycles. The Morgan fingerprint density at radius 2 is 1.97 bits per heavy atom. The molecule has 4 nitrogen and oxygen atoms in total. The first-order valence-electron chi connectivity index (χ1n) is 10.5. The minimum atomic E-state index is -0.382. The van der Waals surface area contributed by atoms with Crippen LogP contribution in [0.5, 0.6) is 0 Å². The molecule has 1 aromatic carbocycles. The molecule has 2 unspecified atom stereocenters. The van der Waals surface area contributed by atoms with Crippen LogP contribution in [0.4, 0.5) is 0 Å². The zero-order valence-corrected chi connectivity index (χ0v) is 19.9. The molecule has 162 valence electrons. The van der Waals surface area contributed by atoms with Gasteiger partial charge in [0.1, 0.15) is 0 Å². The van der Waals surface area contributed by atoms with Gasteiger partial charge in [0.05, 0.1) is 22.3 Å². The molecule has 1 aliphatic carbocycles. The van der Waals surface area contributed by atoms with E-state index in [0.717, 1.165) is 33.2 Å². The van der Waals surface area contributed by atoms with Crippen LogP contribution < -0.4 is 5.32 Å². The van der Waals surface area contributed by atoms with E-state index >= 15 is 0 Å². The normalized spacial score (nSPS) is 21.1. The largest absolute Gasteiger partial charge is 0.463 e. The van der Waals surface area contributed by atoms with Crippen LogP contribution in [0.1, 0.15) is 54.5 Å². The highest BCUT2D eigenvalue weighted by Gasteiger charge is 2.42. The fourth-order valence-electron chi connectivity index (χ4n) is 4.66. The zero-order valence-electron chi connectivity index (χ0n) is 18.3. The van der Waals surface area contributed by atoms with E-state index in [4.69, 9.17) is 4.74 Å². The number of dihydropyridines is 1. The number of benzene rings is 1. The van der Waals surface area contributed by atoms with Crippen LogP contribution in [0.25, 0.3) is 0 Å². The minimum Gasteiger partial charge on any atom is -0.463 e. The predicted octanol–water partition coefficient (Wildman–Crippen LogP) is 5.70. The molecule has 1 aromatic heterocycles. The first-order valence-corrected chi connectivity index (χ1v) is 12.6. The van der Waals surface area contributed by atoms with E-state index in [1.807, 2.05) is 38.3 Å². The van der Waals surface area contributed by atoms with E-state index in [2.05, 4.69) is 30.4 Å². The molecule has 0 spiro atoms. The third-order valence-corrected chi connectivity index (χ3v) is 8.16. The van der Waals surface area contributed by atoms with E-state index in [9.17, 15) is 9.59 Å². The standard InChI is InChI=1S/C25H27NO3S2/c1-5-29-24(28)21-15(3)26-19-12-17(16-9-7-6-8-10-16)13-20(27)23(19)22(21)18-11-14(2)31-25(18)30-4/h6-11,17,22,26H,5,12-13H2,1-4H3. The van der Waals surface area contributed by atoms with Crippen LogP contribution in [0.2, 0.25) is 0 Å². The molecular formula is C25H27NO3S2. The molecule has 2 aromatic rings. The van der Waals surface area contributed by atoms with Crippen molar-refractivity contribution in [1.29, 1.82) is 0 Å². The molecule has 0 bridgehead atoms. The van der Waals surface area contributed by atoms with Crippen molar-refractivity contribution < 1.29 is 14.3 Å². The summed E-state index contributed by atoms with van der Waals surface area (Å²) >= 11 is 3.37. The molecule has 1 aliphatic heterocycles. The van der Waals surface area contributed by atoms with Gasteiger partial charge in [0, 0.05) is 28.3 Å². The smallest absolute Gasteiger partial charge is 0.336 e. The van der Waals surface area contributed by atoms with E-state index in [0.29, 0.717) is 18.6 Å². The summed E-state index contributed by atoms with van der Waals surface area (Å²) in [7, 11) is 0. The maximum atomic E-state index is 13.6. The lowest BCUT2D eigenvalue weighted by Crippen LogP contribution is -2.36. The van der Waals surface area contributed by atoms with Crippen molar-refractivity contribution in [3.63, 3.8) is 0 Å². The van der Waals surface area contributed by atoms with Gasteiger partial charge in [0.15, 0.2) is 5.78 Å². The molecule has 2 atom stereocenters. The fourth-order valence-corrected chi connectivity index (χ4v) is 6.58. The number of ketones is 1. The molecule has 1 N–H and O–H groups in total. The lowest BCUT2D eigenvalue weighted by molar-refractivity contribution is -0.138. The third-order valence-electron chi connectivity index (χ3n) is 5.94. The molecular weight excluding hydrogens is 426 g/mol. The van der Waals surface area contributed by atoms with Crippen molar-refractivity contribution in [3.05, 3.63) is 74.9 Å². The first kappa shape index (κ1) is 21.9. The van der Waals surface area contributed by atoms with Crippen molar-refractivity contribution in [2.24, 2.45) is 0 Å². The van der Waals surface area contributed by atoms with Crippen molar-refractivity contribution in [3.8, 4) is 0 Å². The van der Waals surface area contributed by atoms with Crippen molar-refractivity contribution >= 4 is 34.9 Å². The Bertz CT molecular complexity index is 1080. The van der Waals surface area contributed by atoms with Gasteiger partial charge in [-0.2, -0.15) is 0 Å². The van der Waals surface area contributed by atoms with Gasteiger partial charge in [-0.1, -0.05) is 30.3 Å². The van der Waals surface area contributed by atoms with Crippen LogP contribution in [-0.4, -0.2) is 24.6 Å². The van der Waals surface area contributed by atoms with E-state index < -0.39 is 0 Å². The number of hydrogen-bond donors (Lipinski definition) is 1. The van der Waals surface area contributed by atoms with Crippen LogP contribution in [-0.2, 0) is 14.3 Å². The quantitative estimate of drug-likeness (QED) is 0.465. The molecule has 2 aliphatic rings. The Morgan fingerprint density at radius 1 is 1.23 bits per heavy atom. The van der Waals surface area contributed by atoms with Crippen LogP contribution in [0, 0.1) is 6.92 Å². The molecule has 4 rings (SSSR count). The van der Waals surface area contributed by atoms with Crippen LogP contribution in [0.3, 0.4) is 0 Å². The number of allylic oxidation sites excluding steroid dienone is 3. The summed E-state index contributed by atoms with van der Waals surface area (Å²) in [6.07, 6.45) is 3.25. The molecule has 6 heteroatoms. The number of esters is 1. The molecule has 31 heavy (non-hydrogen) atoms. The van der Waals surface area contributed by atoms with Gasteiger partial charge in [-0.15, -0.1) is 23.1 Å². The Hall–Kier alpha value is -2.31.